The summed E-state index contributed by atoms with van der Waals surface area (Å²) < 4.78 is 30.5. The van der Waals surface area contributed by atoms with Crippen molar-refractivity contribution in [1.82, 2.24) is 4.90 Å². The fourth-order valence-electron chi connectivity index (χ4n) is 4.93. The highest BCUT2D eigenvalue weighted by Crippen LogP contribution is 2.35. The number of rotatable bonds is 12. The van der Waals surface area contributed by atoms with Crippen molar-refractivity contribution < 1.29 is 38.4 Å². The minimum atomic E-state index is -1.08. The van der Waals surface area contributed by atoms with Gasteiger partial charge in [-0.15, -0.1) is 0 Å². The number of urea groups is 1. The third kappa shape index (κ3) is 8.84. The molecule has 0 bridgehead atoms. The van der Waals surface area contributed by atoms with E-state index in [9.17, 15) is 19.1 Å². The van der Waals surface area contributed by atoms with E-state index in [4.69, 9.17) is 19.3 Å². The van der Waals surface area contributed by atoms with Gasteiger partial charge in [-0.1, -0.05) is 26.7 Å². The third-order valence-electron chi connectivity index (χ3n) is 7.41. The van der Waals surface area contributed by atoms with Crippen molar-refractivity contribution in [3.8, 4) is 28.7 Å². The first-order chi connectivity index (χ1) is 20.1. The highest BCUT2D eigenvalue weighted by atomic mass is 19.1. The maximum absolute atomic E-state index is 13.4. The van der Waals surface area contributed by atoms with Crippen molar-refractivity contribution in [2.75, 3.05) is 25.0 Å². The summed E-state index contributed by atoms with van der Waals surface area (Å²) in [5.74, 6) is 0.934. The molecule has 1 aliphatic rings. The van der Waals surface area contributed by atoms with Gasteiger partial charge in [-0.3, -0.25) is 0 Å². The SMILES string of the molecule is CCC(CC)CC1(O)CCN(C(=O)Nc2cc(Oc3ccc(F)cc3)cc(Oc3ccc(OCC(=O)O)cc3)c2)CC1. The zero-order valence-electron chi connectivity index (χ0n) is 23.8. The van der Waals surface area contributed by atoms with E-state index in [1.165, 1.54) is 24.3 Å². The number of likely N-dealkylation sites (tertiary alicyclic amines) is 1. The van der Waals surface area contributed by atoms with Gasteiger partial charge in [-0.2, -0.15) is 0 Å². The molecule has 2 amide bonds. The number of carboxylic acid groups (broad SMARTS) is 1. The molecule has 0 saturated carbocycles. The number of amides is 2. The van der Waals surface area contributed by atoms with Crippen LogP contribution in [-0.2, 0) is 4.79 Å². The van der Waals surface area contributed by atoms with Crippen LogP contribution in [-0.4, -0.2) is 52.4 Å². The lowest BCUT2D eigenvalue weighted by Crippen LogP contribution is -2.48. The maximum Gasteiger partial charge on any atom is 0.341 e. The number of anilines is 1. The number of hydrogen-bond acceptors (Lipinski definition) is 6. The number of nitrogens with one attached hydrogen (secondary N) is 1. The first-order valence-electron chi connectivity index (χ1n) is 14.1. The van der Waals surface area contributed by atoms with Crippen LogP contribution in [0, 0.1) is 11.7 Å². The second-order valence-corrected chi connectivity index (χ2v) is 10.5. The van der Waals surface area contributed by atoms with Crippen LogP contribution in [0.5, 0.6) is 28.7 Å². The number of aliphatic hydroxyl groups is 1. The highest BCUT2D eigenvalue weighted by molar-refractivity contribution is 5.90. The molecular formula is C32H37FN2O7. The molecule has 0 unspecified atom stereocenters. The van der Waals surface area contributed by atoms with Gasteiger partial charge in [0.05, 0.1) is 5.60 Å². The summed E-state index contributed by atoms with van der Waals surface area (Å²) in [6.45, 7) is 4.69. The van der Waals surface area contributed by atoms with Gasteiger partial charge in [0.25, 0.3) is 0 Å². The minimum Gasteiger partial charge on any atom is -0.482 e. The van der Waals surface area contributed by atoms with E-state index in [2.05, 4.69) is 19.2 Å². The Bertz CT molecular complexity index is 1340. The molecule has 3 N–H and O–H groups in total. The van der Waals surface area contributed by atoms with Gasteiger partial charge in [-0.25, -0.2) is 14.0 Å². The molecule has 224 valence electrons. The Morgan fingerprint density at radius 1 is 0.881 bits per heavy atom. The minimum absolute atomic E-state index is 0.301. The summed E-state index contributed by atoms with van der Waals surface area (Å²) in [4.78, 5) is 25.6. The van der Waals surface area contributed by atoms with Crippen LogP contribution in [0.3, 0.4) is 0 Å². The molecule has 1 aliphatic heterocycles. The molecule has 3 aromatic carbocycles. The van der Waals surface area contributed by atoms with Crippen molar-refractivity contribution in [3.63, 3.8) is 0 Å². The number of piperidine rings is 1. The average molecular weight is 581 g/mol. The number of benzene rings is 3. The molecule has 3 aromatic rings. The van der Waals surface area contributed by atoms with Crippen molar-refractivity contribution in [1.29, 1.82) is 0 Å². The quantitative estimate of drug-likeness (QED) is 0.210. The Kier molecular flexibility index (Phi) is 10.2. The number of ether oxygens (including phenoxy) is 3. The number of carbonyl (C=O) groups excluding carboxylic acids is 1. The van der Waals surface area contributed by atoms with Crippen molar-refractivity contribution in [2.45, 2.75) is 51.6 Å². The molecule has 1 fully saturated rings. The van der Waals surface area contributed by atoms with Gasteiger partial charge in [-0.05, 0) is 73.7 Å². The maximum atomic E-state index is 13.4. The van der Waals surface area contributed by atoms with E-state index in [-0.39, 0.29) is 6.03 Å². The molecule has 1 saturated heterocycles. The van der Waals surface area contributed by atoms with Gasteiger partial charge in [0.1, 0.15) is 34.6 Å². The van der Waals surface area contributed by atoms with Gasteiger partial charge in [0.2, 0.25) is 0 Å². The average Bonchev–Trinajstić information content (AvgIpc) is 2.97. The zero-order valence-corrected chi connectivity index (χ0v) is 23.8. The number of carboxylic acids is 1. The molecule has 0 radical (unpaired) electrons. The molecular weight excluding hydrogens is 543 g/mol. The lowest BCUT2D eigenvalue weighted by Gasteiger charge is -2.39. The van der Waals surface area contributed by atoms with Crippen LogP contribution < -0.4 is 19.5 Å². The first-order valence-corrected chi connectivity index (χ1v) is 14.1. The summed E-state index contributed by atoms with van der Waals surface area (Å²) in [5.41, 5.74) is -0.333. The van der Waals surface area contributed by atoms with Crippen LogP contribution in [0.2, 0.25) is 0 Å². The second kappa shape index (κ2) is 14.0. The van der Waals surface area contributed by atoms with Gasteiger partial charge in [0, 0.05) is 37.0 Å². The predicted molar refractivity (Wildman–Crippen MR) is 156 cm³/mol. The van der Waals surface area contributed by atoms with E-state index >= 15 is 0 Å². The Balaban J connectivity index is 1.47. The van der Waals surface area contributed by atoms with E-state index in [0.29, 0.717) is 66.3 Å². The smallest absolute Gasteiger partial charge is 0.341 e. The molecule has 10 heteroatoms. The topological polar surface area (TPSA) is 118 Å². The number of aliphatic carboxylic acids is 1. The molecule has 0 spiro atoms. The predicted octanol–water partition coefficient (Wildman–Crippen LogP) is 7.06. The Morgan fingerprint density at radius 2 is 1.40 bits per heavy atom. The molecule has 9 nitrogen and oxygen atoms in total. The fraction of sp³-hybridized carbons (Fsp3) is 0.375. The van der Waals surface area contributed by atoms with Crippen LogP contribution in [0.15, 0.2) is 66.7 Å². The van der Waals surface area contributed by atoms with E-state index in [1.807, 2.05) is 0 Å². The normalized spacial score (nSPS) is 14.4. The Morgan fingerprint density at radius 3 is 1.93 bits per heavy atom. The third-order valence-corrected chi connectivity index (χ3v) is 7.41. The molecule has 0 aliphatic carbocycles. The Labute approximate surface area is 244 Å². The van der Waals surface area contributed by atoms with Crippen LogP contribution in [0.4, 0.5) is 14.9 Å². The first kappa shape index (κ1) is 30.6. The molecule has 4 rings (SSSR count). The number of nitrogens with zero attached hydrogens (tertiary/aromatic N) is 1. The second-order valence-electron chi connectivity index (χ2n) is 10.5. The van der Waals surface area contributed by atoms with Crippen molar-refractivity contribution in [2.24, 2.45) is 5.92 Å². The van der Waals surface area contributed by atoms with Crippen molar-refractivity contribution in [3.05, 3.63) is 72.5 Å². The zero-order chi connectivity index (χ0) is 30.1. The number of carbonyl (C=O) groups is 2. The molecule has 0 aromatic heterocycles. The molecule has 1 heterocycles. The lowest BCUT2D eigenvalue weighted by atomic mass is 9.81. The fourth-order valence-corrected chi connectivity index (χ4v) is 4.93. The summed E-state index contributed by atoms with van der Waals surface area (Å²) >= 11 is 0. The summed E-state index contributed by atoms with van der Waals surface area (Å²) in [7, 11) is 0. The van der Waals surface area contributed by atoms with Crippen molar-refractivity contribution >= 4 is 17.7 Å². The van der Waals surface area contributed by atoms with E-state index in [0.717, 1.165) is 19.3 Å². The number of hydrogen-bond donors (Lipinski definition) is 3. The van der Waals surface area contributed by atoms with Gasteiger partial charge < -0.3 is 34.6 Å². The van der Waals surface area contributed by atoms with Crippen LogP contribution >= 0.6 is 0 Å². The lowest BCUT2D eigenvalue weighted by molar-refractivity contribution is -0.139. The molecule has 42 heavy (non-hydrogen) atoms. The Hall–Kier alpha value is -4.31. The summed E-state index contributed by atoms with van der Waals surface area (Å²) in [6, 6.07) is 16.6. The van der Waals surface area contributed by atoms with Crippen LogP contribution in [0.25, 0.3) is 0 Å². The van der Waals surface area contributed by atoms with Gasteiger partial charge >= 0.3 is 12.0 Å². The monoisotopic (exact) mass is 580 g/mol. The highest BCUT2D eigenvalue weighted by Gasteiger charge is 2.35. The van der Waals surface area contributed by atoms with Crippen LogP contribution in [0.1, 0.15) is 46.0 Å². The van der Waals surface area contributed by atoms with E-state index in [1.54, 1.807) is 47.4 Å². The summed E-state index contributed by atoms with van der Waals surface area (Å²) in [6.07, 6.45) is 3.82. The van der Waals surface area contributed by atoms with E-state index < -0.39 is 24.0 Å². The molecule has 0 atom stereocenters. The largest absolute Gasteiger partial charge is 0.482 e. The summed E-state index contributed by atoms with van der Waals surface area (Å²) in [5, 5.41) is 22.8. The van der Waals surface area contributed by atoms with Gasteiger partial charge in [0.15, 0.2) is 6.61 Å². The number of halogens is 1. The standard InChI is InChI=1S/C32H37FN2O7/c1-3-22(4-2)20-32(39)13-15-35(16-14-32)31(38)34-24-17-28(41-26-7-5-23(33)6-8-26)19-29(18-24)42-27-11-9-25(10-12-27)40-21-30(36)37/h5-12,17-19,22,39H,3-4,13-16,20-21H2,1-2H3,(H,34,38)(H,36,37).